The third kappa shape index (κ3) is 4.44. The average molecular weight is 452 g/mol. The van der Waals surface area contributed by atoms with Gasteiger partial charge in [0.1, 0.15) is 0 Å². The molecule has 0 fully saturated rings. The van der Waals surface area contributed by atoms with Crippen LogP contribution in [0.1, 0.15) is 30.5 Å². The van der Waals surface area contributed by atoms with Crippen LogP contribution in [0.5, 0.6) is 17.2 Å². The Balaban J connectivity index is 2.19. The molecule has 0 saturated carbocycles. The predicted octanol–water partition coefficient (Wildman–Crippen LogP) is 4.60. The summed E-state index contributed by atoms with van der Waals surface area (Å²) in [5, 5.41) is 0. The first kappa shape index (κ1) is 23.9. The maximum absolute atomic E-state index is 13.6. The van der Waals surface area contributed by atoms with Crippen LogP contribution < -0.4 is 19.1 Å². The Morgan fingerprint density at radius 3 is 2.09 bits per heavy atom. The van der Waals surface area contributed by atoms with Gasteiger partial charge in [0.2, 0.25) is 5.75 Å². The van der Waals surface area contributed by atoms with Gasteiger partial charge in [0, 0.05) is 11.4 Å². The molecule has 3 rings (SSSR count). The molecule has 0 atom stereocenters. The third-order valence-corrected chi connectivity index (χ3v) is 5.63. The molecule has 0 spiro atoms. The highest BCUT2D eigenvalue weighted by Crippen LogP contribution is 2.41. The first-order chi connectivity index (χ1) is 15.8. The van der Waals surface area contributed by atoms with Crippen molar-refractivity contribution >= 4 is 23.6 Å². The zero-order valence-electron chi connectivity index (χ0n) is 20.1. The normalized spacial score (nSPS) is 14.7. The number of aryl methyl sites for hydroxylation is 2. The van der Waals surface area contributed by atoms with Crippen molar-refractivity contribution in [2.45, 2.75) is 27.7 Å². The summed E-state index contributed by atoms with van der Waals surface area (Å²) in [5.74, 6) is 0.465. The number of carbonyl (C=O) groups is 2. The van der Waals surface area contributed by atoms with E-state index in [0.717, 1.165) is 11.1 Å². The molecule has 0 unspecified atom stereocenters. The summed E-state index contributed by atoms with van der Waals surface area (Å²) in [6.07, 6.45) is 1.64. The lowest BCUT2D eigenvalue weighted by atomic mass is 10.0. The zero-order chi connectivity index (χ0) is 24.3. The SMILES string of the molecule is CCOC(=O)C1=C(C)N(c2ccc(C)c(C)c2)C(=O)/C1=C\c1cc(OC)c(OC)c(OC)c1. The summed E-state index contributed by atoms with van der Waals surface area (Å²) in [4.78, 5) is 28.0. The van der Waals surface area contributed by atoms with Gasteiger partial charge in [-0.25, -0.2) is 4.79 Å². The predicted molar refractivity (Wildman–Crippen MR) is 127 cm³/mol. The standard InChI is InChI=1S/C26H29NO6/c1-8-33-26(29)23-17(4)27(19-10-9-15(2)16(3)11-19)25(28)20(23)12-18-13-21(30-5)24(32-7)22(14-18)31-6/h9-14H,8H2,1-7H3/b20-12-. The van der Waals surface area contributed by atoms with E-state index < -0.39 is 5.97 Å². The molecule has 174 valence electrons. The smallest absolute Gasteiger partial charge is 0.340 e. The minimum Gasteiger partial charge on any atom is -0.493 e. The number of amides is 1. The number of benzene rings is 2. The number of hydrogen-bond acceptors (Lipinski definition) is 6. The average Bonchev–Trinajstić information content (AvgIpc) is 3.04. The molecule has 0 saturated heterocycles. The molecular formula is C26H29NO6. The number of carbonyl (C=O) groups excluding carboxylic acids is 2. The molecule has 0 N–H and O–H groups in total. The van der Waals surface area contributed by atoms with E-state index in [4.69, 9.17) is 18.9 Å². The van der Waals surface area contributed by atoms with E-state index in [9.17, 15) is 9.59 Å². The molecule has 0 radical (unpaired) electrons. The second kappa shape index (κ2) is 9.81. The van der Waals surface area contributed by atoms with Crippen LogP contribution in [0.2, 0.25) is 0 Å². The summed E-state index contributed by atoms with van der Waals surface area (Å²) in [6, 6.07) is 9.20. The van der Waals surface area contributed by atoms with Crippen molar-refractivity contribution < 1.29 is 28.5 Å². The minimum absolute atomic E-state index is 0.199. The van der Waals surface area contributed by atoms with Crippen LogP contribution in [0.25, 0.3) is 6.08 Å². The Bertz CT molecular complexity index is 1140. The van der Waals surface area contributed by atoms with Crippen molar-refractivity contribution in [3.63, 3.8) is 0 Å². The fraction of sp³-hybridized carbons (Fsp3) is 0.308. The molecule has 1 aliphatic rings. The highest BCUT2D eigenvalue weighted by molar-refractivity contribution is 6.23. The molecule has 1 heterocycles. The summed E-state index contributed by atoms with van der Waals surface area (Å²) < 4.78 is 21.5. The van der Waals surface area contributed by atoms with Crippen LogP contribution in [0, 0.1) is 13.8 Å². The van der Waals surface area contributed by atoms with E-state index in [1.165, 1.54) is 21.3 Å². The van der Waals surface area contributed by atoms with Crippen molar-refractivity contribution in [1.82, 2.24) is 0 Å². The summed E-state index contributed by atoms with van der Waals surface area (Å²) in [5.41, 5.74) is 4.45. The number of ether oxygens (including phenoxy) is 4. The van der Waals surface area contributed by atoms with E-state index in [1.807, 2.05) is 32.0 Å². The number of rotatable bonds is 7. The van der Waals surface area contributed by atoms with Gasteiger partial charge in [-0.05, 0) is 74.7 Å². The van der Waals surface area contributed by atoms with Crippen LogP contribution in [-0.4, -0.2) is 39.8 Å². The topological polar surface area (TPSA) is 74.3 Å². The second-order valence-electron chi connectivity index (χ2n) is 7.61. The molecule has 0 aliphatic carbocycles. The Kier molecular flexibility index (Phi) is 7.11. The zero-order valence-corrected chi connectivity index (χ0v) is 20.1. The first-order valence-corrected chi connectivity index (χ1v) is 10.6. The number of methoxy groups -OCH3 is 3. The largest absolute Gasteiger partial charge is 0.493 e. The lowest BCUT2D eigenvalue weighted by Gasteiger charge is -2.19. The number of hydrogen-bond donors (Lipinski definition) is 0. The maximum Gasteiger partial charge on any atom is 0.340 e. The van der Waals surface area contributed by atoms with Gasteiger partial charge in [-0.1, -0.05) is 6.07 Å². The summed E-state index contributed by atoms with van der Waals surface area (Å²) in [7, 11) is 4.56. The monoisotopic (exact) mass is 451 g/mol. The number of anilines is 1. The fourth-order valence-electron chi connectivity index (χ4n) is 3.81. The first-order valence-electron chi connectivity index (χ1n) is 10.6. The Hall–Kier alpha value is -3.74. The van der Waals surface area contributed by atoms with Crippen LogP contribution >= 0.6 is 0 Å². The van der Waals surface area contributed by atoms with Gasteiger partial charge in [-0.15, -0.1) is 0 Å². The van der Waals surface area contributed by atoms with Crippen LogP contribution in [0.3, 0.4) is 0 Å². The van der Waals surface area contributed by atoms with Gasteiger partial charge in [0.05, 0.1) is 39.1 Å². The molecule has 2 aromatic carbocycles. The molecule has 0 bridgehead atoms. The molecule has 7 nitrogen and oxygen atoms in total. The Morgan fingerprint density at radius 1 is 0.939 bits per heavy atom. The summed E-state index contributed by atoms with van der Waals surface area (Å²) >= 11 is 0. The van der Waals surface area contributed by atoms with Crippen molar-refractivity contribution in [2.24, 2.45) is 0 Å². The third-order valence-electron chi connectivity index (χ3n) is 5.63. The number of esters is 1. The van der Waals surface area contributed by atoms with Gasteiger partial charge < -0.3 is 18.9 Å². The number of allylic oxidation sites excluding steroid dienone is 1. The Morgan fingerprint density at radius 2 is 1.58 bits per heavy atom. The van der Waals surface area contributed by atoms with Crippen LogP contribution in [0.4, 0.5) is 5.69 Å². The quantitative estimate of drug-likeness (QED) is 0.453. The Labute approximate surface area is 194 Å². The molecule has 0 aromatic heterocycles. The van der Waals surface area contributed by atoms with E-state index in [0.29, 0.717) is 34.2 Å². The van der Waals surface area contributed by atoms with Crippen molar-refractivity contribution in [3.8, 4) is 17.2 Å². The van der Waals surface area contributed by atoms with E-state index in [-0.39, 0.29) is 23.7 Å². The van der Waals surface area contributed by atoms with Crippen molar-refractivity contribution in [2.75, 3.05) is 32.8 Å². The minimum atomic E-state index is -0.548. The molecule has 33 heavy (non-hydrogen) atoms. The highest BCUT2D eigenvalue weighted by atomic mass is 16.5. The van der Waals surface area contributed by atoms with E-state index in [2.05, 4.69) is 0 Å². The molecule has 7 heteroatoms. The molecule has 1 aliphatic heterocycles. The maximum atomic E-state index is 13.6. The second-order valence-corrected chi connectivity index (χ2v) is 7.61. The number of nitrogens with zero attached hydrogens (tertiary/aromatic N) is 1. The van der Waals surface area contributed by atoms with Crippen molar-refractivity contribution in [3.05, 3.63) is 63.9 Å². The van der Waals surface area contributed by atoms with Crippen LogP contribution in [-0.2, 0) is 14.3 Å². The highest BCUT2D eigenvalue weighted by Gasteiger charge is 2.38. The molecular weight excluding hydrogens is 422 g/mol. The van der Waals surface area contributed by atoms with Gasteiger partial charge in [-0.2, -0.15) is 0 Å². The molecule has 2 aromatic rings. The van der Waals surface area contributed by atoms with E-state index in [1.54, 1.807) is 37.0 Å². The molecule has 1 amide bonds. The van der Waals surface area contributed by atoms with Gasteiger partial charge in [-0.3, -0.25) is 9.69 Å². The lowest BCUT2D eigenvalue weighted by molar-refractivity contribution is -0.138. The van der Waals surface area contributed by atoms with Gasteiger partial charge in [0.25, 0.3) is 5.91 Å². The van der Waals surface area contributed by atoms with E-state index >= 15 is 0 Å². The van der Waals surface area contributed by atoms with Gasteiger partial charge >= 0.3 is 5.97 Å². The van der Waals surface area contributed by atoms with Crippen molar-refractivity contribution in [1.29, 1.82) is 0 Å². The van der Waals surface area contributed by atoms with Crippen LogP contribution in [0.15, 0.2) is 47.2 Å². The van der Waals surface area contributed by atoms with Gasteiger partial charge in [0.15, 0.2) is 11.5 Å². The summed E-state index contributed by atoms with van der Waals surface area (Å²) in [6.45, 7) is 7.67. The fourth-order valence-corrected chi connectivity index (χ4v) is 3.81. The lowest BCUT2D eigenvalue weighted by Crippen LogP contribution is -2.24.